The molecule has 0 saturated carbocycles. The Bertz CT molecular complexity index is 516. The second-order valence-corrected chi connectivity index (χ2v) is 5.39. The van der Waals surface area contributed by atoms with E-state index in [0.717, 1.165) is 12.4 Å². The Balaban J connectivity index is 2.06. The number of nitrogens with zero attached hydrogens (tertiary/aromatic N) is 2. The van der Waals surface area contributed by atoms with Crippen LogP contribution in [0.4, 0.5) is 0 Å². The monoisotopic (exact) mass is 271 g/mol. The molecule has 108 valence electrons. The summed E-state index contributed by atoms with van der Waals surface area (Å²) in [6, 6.07) is 11.0. The number of para-hydroxylation sites is 1. The lowest BCUT2D eigenvalue weighted by Crippen LogP contribution is -2.26. The lowest BCUT2D eigenvalue weighted by atomic mass is 10.1. The van der Waals surface area contributed by atoms with Crippen molar-refractivity contribution in [1.29, 1.82) is 0 Å². The molecular weight excluding hydrogens is 246 g/mol. The maximum Gasteiger partial charge on any atom is 0.110 e. The van der Waals surface area contributed by atoms with Gasteiger partial charge in [-0.3, -0.25) is 4.57 Å². The van der Waals surface area contributed by atoms with Crippen molar-refractivity contribution < 1.29 is 0 Å². The summed E-state index contributed by atoms with van der Waals surface area (Å²) in [5.41, 5.74) is 2.40. The fraction of sp³-hybridized carbons (Fsp3) is 0.471. The highest BCUT2D eigenvalue weighted by molar-refractivity contribution is 5.35. The summed E-state index contributed by atoms with van der Waals surface area (Å²) in [4.78, 5) is 4.46. The van der Waals surface area contributed by atoms with Gasteiger partial charge < -0.3 is 5.32 Å². The molecule has 1 aromatic carbocycles. The third-order valence-corrected chi connectivity index (χ3v) is 3.65. The number of aromatic nitrogens is 2. The molecule has 0 aliphatic rings. The molecule has 2 rings (SSSR count). The van der Waals surface area contributed by atoms with Crippen molar-refractivity contribution in [3.05, 3.63) is 48.0 Å². The van der Waals surface area contributed by atoms with Crippen LogP contribution in [0.25, 0.3) is 5.69 Å². The first kappa shape index (κ1) is 14.8. The maximum atomic E-state index is 4.46. The number of imidazole rings is 1. The van der Waals surface area contributed by atoms with Crippen molar-refractivity contribution in [2.24, 2.45) is 0 Å². The molecule has 0 fully saturated rings. The molecule has 0 aliphatic heterocycles. The number of hydrogen-bond donors (Lipinski definition) is 1. The quantitative estimate of drug-likeness (QED) is 0.829. The fourth-order valence-electron chi connectivity index (χ4n) is 2.44. The molecule has 1 aromatic heterocycles. The first-order chi connectivity index (χ1) is 9.72. The highest BCUT2D eigenvalue weighted by Crippen LogP contribution is 2.14. The minimum atomic E-state index is 0.550. The van der Waals surface area contributed by atoms with Gasteiger partial charge in [0.2, 0.25) is 0 Å². The van der Waals surface area contributed by atoms with Gasteiger partial charge in [-0.15, -0.1) is 0 Å². The summed E-state index contributed by atoms with van der Waals surface area (Å²) in [6.45, 7) is 7.41. The predicted octanol–water partition coefficient (Wildman–Crippen LogP) is 3.85. The molecule has 0 radical (unpaired) electrons. The molecule has 0 saturated heterocycles. The second-order valence-electron chi connectivity index (χ2n) is 5.39. The van der Waals surface area contributed by atoms with Crippen molar-refractivity contribution in [2.75, 3.05) is 0 Å². The first-order valence-corrected chi connectivity index (χ1v) is 7.54. The third kappa shape index (κ3) is 3.70. The van der Waals surface area contributed by atoms with E-state index in [-0.39, 0.29) is 0 Å². The molecule has 0 spiro atoms. The van der Waals surface area contributed by atoms with E-state index in [1.54, 1.807) is 0 Å². The number of aryl methyl sites for hydroxylation is 1. The van der Waals surface area contributed by atoms with Crippen molar-refractivity contribution >= 4 is 0 Å². The number of nitrogens with one attached hydrogen (secondary N) is 1. The molecule has 3 nitrogen and oxygen atoms in total. The van der Waals surface area contributed by atoms with Crippen LogP contribution in [0.5, 0.6) is 0 Å². The van der Waals surface area contributed by atoms with Gasteiger partial charge in [0.1, 0.15) is 5.82 Å². The lowest BCUT2D eigenvalue weighted by molar-refractivity contribution is 0.489. The van der Waals surface area contributed by atoms with E-state index >= 15 is 0 Å². The van der Waals surface area contributed by atoms with Gasteiger partial charge >= 0.3 is 0 Å². The molecule has 0 bridgehead atoms. The van der Waals surface area contributed by atoms with Crippen molar-refractivity contribution in [2.45, 2.75) is 52.6 Å². The van der Waals surface area contributed by atoms with E-state index in [4.69, 9.17) is 0 Å². The van der Waals surface area contributed by atoms with Crippen LogP contribution >= 0.6 is 0 Å². The Morgan fingerprint density at radius 3 is 2.70 bits per heavy atom. The van der Waals surface area contributed by atoms with Gasteiger partial charge in [-0.2, -0.15) is 0 Å². The van der Waals surface area contributed by atoms with Crippen LogP contribution in [-0.2, 0) is 6.54 Å². The maximum absolute atomic E-state index is 4.46. The summed E-state index contributed by atoms with van der Waals surface area (Å²) >= 11 is 0. The van der Waals surface area contributed by atoms with E-state index in [1.807, 2.05) is 12.3 Å². The summed E-state index contributed by atoms with van der Waals surface area (Å²) in [6.07, 6.45) is 5.75. The van der Waals surface area contributed by atoms with Crippen LogP contribution in [0, 0.1) is 6.92 Å². The number of hydrogen-bond acceptors (Lipinski definition) is 2. The molecule has 1 unspecified atom stereocenters. The van der Waals surface area contributed by atoms with E-state index in [2.05, 4.69) is 59.9 Å². The van der Waals surface area contributed by atoms with Crippen molar-refractivity contribution in [1.82, 2.24) is 14.9 Å². The van der Waals surface area contributed by atoms with E-state index < -0.39 is 0 Å². The molecular formula is C17H25N3. The highest BCUT2D eigenvalue weighted by atomic mass is 15.1. The Morgan fingerprint density at radius 1 is 1.25 bits per heavy atom. The predicted molar refractivity (Wildman–Crippen MR) is 84.1 cm³/mol. The summed E-state index contributed by atoms with van der Waals surface area (Å²) in [7, 11) is 0. The Morgan fingerprint density at radius 2 is 2.00 bits per heavy atom. The number of unbranched alkanes of at least 4 members (excludes halogenated alkanes) is 1. The molecule has 1 N–H and O–H groups in total. The lowest BCUT2D eigenvalue weighted by Gasteiger charge is -2.15. The molecule has 0 amide bonds. The van der Waals surface area contributed by atoms with Crippen LogP contribution in [0.1, 0.15) is 44.6 Å². The summed E-state index contributed by atoms with van der Waals surface area (Å²) < 4.78 is 2.22. The van der Waals surface area contributed by atoms with Gasteiger partial charge in [0, 0.05) is 18.3 Å². The molecule has 20 heavy (non-hydrogen) atoms. The average molecular weight is 271 g/mol. The topological polar surface area (TPSA) is 29.9 Å². The smallest absolute Gasteiger partial charge is 0.110 e. The van der Waals surface area contributed by atoms with Crippen LogP contribution in [0.2, 0.25) is 0 Å². The zero-order valence-corrected chi connectivity index (χ0v) is 12.8. The first-order valence-electron chi connectivity index (χ1n) is 7.54. The van der Waals surface area contributed by atoms with Gasteiger partial charge in [-0.1, -0.05) is 38.0 Å². The largest absolute Gasteiger partial charge is 0.309 e. The van der Waals surface area contributed by atoms with Crippen molar-refractivity contribution in [3.8, 4) is 5.69 Å². The average Bonchev–Trinajstić information content (AvgIpc) is 2.84. The molecule has 2 aromatic rings. The zero-order chi connectivity index (χ0) is 14.4. The Hall–Kier alpha value is -1.61. The van der Waals surface area contributed by atoms with Crippen LogP contribution in [-0.4, -0.2) is 15.6 Å². The van der Waals surface area contributed by atoms with Crippen LogP contribution < -0.4 is 5.32 Å². The molecule has 3 heteroatoms. The number of benzene rings is 1. The summed E-state index contributed by atoms with van der Waals surface area (Å²) in [5, 5.41) is 3.60. The zero-order valence-electron chi connectivity index (χ0n) is 12.8. The number of rotatable bonds is 7. The molecule has 1 atom stereocenters. The molecule has 1 heterocycles. The SMILES string of the molecule is CCCCC(C)NCc1cnc(C)n1-c1ccccc1. The van der Waals surface area contributed by atoms with Gasteiger partial charge in [0.25, 0.3) is 0 Å². The van der Waals surface area contributed by atoms with E-state index in [0.29, 0.717) is 6.04 Å². The van der Waals surface area contributed by atoms with E-state index in [9.17, 15) is 0 Å². The Labute approximate surface area is 122 Å². The summed E-state index contributed by atoms with van der Waals surface area (Å²) in [5.74, 6) is 1.04. The van der Waals surface area contributed by atoms with Gasteiger partial charge in [-0.05, 0) is 32.4 Å². The normalized spacial score (nSPS) is 12.6. The van der Waals surface area contributed by atoms with Crippen molar-refractivity contribution in [3.63, 3.8) is 0 Å². The highest BCUT2D eigenvalue weighted by Gasteiger charge is 2.09. The molecule has 0 aliphatic carbocycles. The van der Waals surface area contributed by atoms with Crippen LogP contribution in [0.15, 0.2) is 36.5 Å². The van der Waals surface area contributed by atoms with Crippen LogP contribution in [0.3, 0.4) is 0 Å². The minimum absolute atomic E-state index is 0.550. The van der Waals surface area contributed by atoms with E-state index in [1.165, 1.54) is 30.6 Å². The fourth-order valence-corrected chi connectivity index (χ4v) is 2.44. The third-order valence-electron chi connectivity index (χ3n) is 3.65. The van der Waals surface area contributed by atoms with Gasteiger partial charge in [0.05, 0.1) is 11.9 Å². The Kier molecular flexibility index (Phi) is 5.36. The second kappa shape index (κ2) is 7.25. The van der Waals surface area contributed by atoms with Gasteiger partial charge in [-0.25, -0.2) is 4.98 Å². The standard InChI is InChI=1S/C17H25N3/c1-4-5-9-14(2)18-12-17-13-19-15(3)20(17)16-10-7-6-8-11-16/h6-8,10-11,13-14,18H,4-5,9,12H2,1-3H3. The van der Waals surface area contributed by atoms with Gasteiger partial charge in [0.15, 0.2) is 0 Å². The minimum Gasteiger partial charge on any atom is -0.309 e.